The molecular weight excluding hydrogens is 134 g/mol. The number of hydrogen-bond donors (Lipinski definition) is 1. The summed E-state index contributed by atoms with van der Waals surface area (Å²) in [5.74, 6) is 0.381. The zero-order valence-electron chi connectivity index (χ0n) is 5.46. The highest BCUT2D eigenvalue weighted by Gasteiger charge is 2.01. The smallest absolute Gasteiger partial charge is 0.437 e. The Hall–Kier alpha value is -1.45. The Kier molecular flexibility index (Phi) is 1.94. The van der Waals surface area contributed by atoms with Crippen LogP contribution in [0.2, 0.25) is 0 Å². The lowest BCUT2D eigenvalue weighted by Gasteiger charge is -1.96. The first-order chi connectivity index (χ1) is 4.83. The Labute approximate surface area is 57.8 Å². The minimum Gasteiger partial charge on any atom is -0.437 e. The molecular formula is C6H7NO3. The molecule has 0 saturated heterocycles. The average Bonchev–Trinajstić information content (AvgIpc) is 2.40. The fraction of sp³-hybridized carbons (Fsp3) is 0.167. The Bertz CT molecular complexity index is 205. The van der Waals surface area contributed by atoms with Gasteiger partial charge in [-0.2, -0.15) is 0 Å². The Balaban J connectivity index is 2.48. The molecule has 0 aliphatic heterocycles. The maximum absolute atomic E-state index is 10.4. The molecule has 0 amide bonds. The van der Waals surface area contributed by atoms with Crippen molar-refractivity contribution in [2.45, 2.75) is 0 Å². The van der Waals surface area contributed by atoms with Crippen molar-refractivity contribution in [3.63, 3.8) is 0 Å². The molecule has 0 radical (unpaired) electrons. The van der Waals surface area contributed by atoms with Crippen LogP contribution in [0.15, 0.2) is 18.3 Å². The van der Waals surface area contributed by atoms with E-state index >= 15 is 0 Å². The molecule has 0 bridgehead atoms. The summed E-state index contributed by atoms with van der Waals surface area (Å²) in [5.41, 5.74) is 0. The number of nitrogens with one attached hydrogen (secondary N) is 1. The Morgan fingerprint density at radius 1 is 1.70 bits per heavy atom. The molecule has 0 aromatic carbocycles. The lowest BCUT2D eigenvalue weighted by molar-refractivity contribution is 0.120. The Morgan fingerprint density at radius 2 is 2.50 bits per heavy atom. The highest BCUT2D eigenvalue weighted by molar-refractivity contribution is 5.62. The topological polar surface area (TPSA) is 51.3 Å². The van der Waals surface area contributed by atoms with E-state index in [2.05, 4.69) is 14.5 Å². The predicted octanol–water partition coefficient (Wildman–Crippen LogP) is 1.16. The van der Waals surface area contributed by atoms with Gasteiger partial charge in [0.1, 0.15) is 0 Å². The first-order valence-electron chi connectivity index (χ1n) is 2.72. The van der Waals surface area contributed by atoms with Crippen LogP contribution in [0.25, 0.3) is 0 Å². The largest absolute Gasteiger partial charge is 0.514 e. The summed E-state index contributed by atoms with van der Waals surface area (Å²) in [4.78, 5) is 13.1. The number of hydrogen-bond acceptors (Lipinski definition) is 3. The van der Waals surface area contributed by atoms with Gasteiger partial charge in [-0.1, -0.05) is 0 Å². The van der Waals surface area contributed by atoms with E-state index in [1.54, 1.807) is 18.3 Å². The van der Waals surface area contributed by atoms with Crippen molar-refractivity contribution in [1.29, 1.82) is 0 Å². The molecule has 4 nitrogen and oxygen atoms in total. The minimum absolute atomic E-state index is 0.381. The number of carbonyl (C=O) groups is 1. The second-order valence-electron chi connectivity index (χ2n) is 1.59. The summed E-state index contributed by atoms with van der Waals surface area (Å²) in [6.07, 6.45) is 0.931. The van der Waals surface area contributed by atoms with E-state index in [0.29, 0.717) is 5.88 Å². The molecule has 0 saturated carbocycles. The van der Waals surface area contributed by atoms with E-state index < -0.39 is 6.16 Å². The monoisotopic (exact) mass is 141 g/mol. The van der Waals surface area contributed by atoms with Crippen molar-refractivity contribution in [3.8, 4) is 5.88 Å². The third-order valence-corrected chi connectivity index (χ3v) is 0.929. The van der Waals surface area contributed by atoms with Crippen molar-refractivity contribution in [1.82, 2.24) is 4.98 Å². The van der Waals surface area contributed by atoms with E-state index in [1.165, 1.54) is 7.11 Å². The molecule has 1 heterocycles. The molecule has 54 valence electrons. The first kappa shape index (κ1) is 6.67. The summed E-state index contributed by atoms with van der Waals surface area (Å²) >= 11 is 0. The third-order valence-electron chi connectivity index (χ3n) is 0.929. The molecule has 1 aromatic rings. The number of ether oxygens (including phenoxy) is 2. The van der Waals surface area contributed by atoms with E-state index in [4.69, 9.17) is 0 Å². The number of carbonyl (C=O) groups excluding carboxylic acids is 1. The summed E-state index contributed by atoms with van der Waals surface area (Å²) in [7, 11) is 1.26. The lowest BCUT2D eigenvalue weighted by Crippen LogP contribution is -2.07. The fourth-order valence-electron chi connectivity index (χ4n) is 0.509. The number of H-pyrrole nitrogens is 1. The molecule has 0 fully saturated rings. The van der Waals surface area contributed by atoms with Gasteiger partial charge in [0.15, 0.2) is 0 Å². The quantitative estimate of drug-likeness (QED) is 0.597. The number of rotatable bonds is 1. The van der Waals surface area contributed by atoms with Gasteiger partial charge >= 0.3 is 6.16 Å². The molecule has 0 unspecified atom stereocenters. The van der Waals surface area contributed by atoms with Crippen LogP contribution in [0.1, 0.15) is 0 Å². The van der Waals surface area contributed by atoms with Gasteiger partial charge in [-0.3, -0.25) is 0 Å². The highest BCUT2D eigenvalue weighted by atomic mass is 16.7. The maximum atomic E-state index is 10.4. The van der Waals surface area contributed by atoms with Crippen molar-refractivity contribution in [2.24, 2.45) is 0 Å². The lowest BCUT2D eigenvalue weighted by atomic mass is 10.7. The maximum Gasteiger partial charge on any atom is 0.514 e. The highest BCUT2D eigenvalue weighted by Crippen LogP contribution is 2.04. The van der Waals surface area contributed by atoms with Crippen LogP contribution in [-0.2, 0) is 4.74 Å². The number of aromatic nitrogens is 1. The zero-order chi connectivity index (χ0) is 7.40. The second-order valence-corrected chi connectivity index (χ2v) is 1.59. The minimum atomic E-state index is -0.720. The number of methoxy groups -OCH3 is 1. The third kappa shape index (κ3) is 1.51. The second kappa shape index (κ2) is 2.91. The normalized spacial score (nSPS) is 8.90. The van der Waals surface area contributed by atoms with Crippen LogP contribution >= 0.6 is 0 Å². The molecule has 0 atom stereocenters. The van der Waals surface area contributed by atoms with Crippen molar-refractivity contribution < 1.29 is 14.3 Å². The molecule has 1 aromatic heterocycles. The van der Waals surface area contributed by atoms with Gasteiger partial charge in [-0.25, -0.2) is 4.79 Å². The summed E-state index contributed by atoms with van der Waals surface area (Å²) in [6.45, 7) is 0. The van der Waals surface area contributed by atoms with E-state index in [0.717, 1.165) is 0 Å². The molecule has 0 spiro atoms. The number of aromatic amines is 1. The molecule has 10 heavy (non-hydrogen) atoms. The van der Waals surface area contributed by atoms with Crippen LogP contribution in [-0.4, -0.2) is 18.2 Å². The van der Waals surface area contributed by atoms with Crippen molar-refractivity contribution in [3.05, 3.63) is 18.3 Å². The summed E-state index contributed by atoms with van der Waals surface area (Å²) in [5, 5.41) is 0. The van der Waals surface area contributed by atoms with Crippen LogP contribution in [0, 0.1) is 0 Å². The van der Waals surface area contributed by atoms with Gasteiger partial charge in [0.2, 0.25) is 5.88 Å². The molecule has 1 rings (SSSR count). The molecule has 0 aliphatic carbocycles. The van der Waals surface area contributed by atoms with Gasteiger partial charge in [0, 0.05) is 12.3 Å². The van der Waals surface area contributed by atoms with Gasteiger partial charge in [0.25, 0.3) is 0 Å². The molecule has 4 heteroatoms. The van der Waals surface area contributed by atoms with Gasteiger partial charge < -0.3 is 14.5 Å². The summed E-state index contributed by atoms with van der Waals surface area (Å²) < 4.78 is 8.83. The van der Waals surface area contributed by atoms with Crippen LogP contribution in [0.3, 0.4) is 0 Å². The van der Waals surface area contributed by atoms with Crippen molar-refractivity contribution >= 4 is 6.16 Å². The van der Waals surface area contributed by atoms with Crippen LogP contribution < -0.4 is 4.74 Å². The SMILES string of the molecule is COC(=O)Oc1ccc[nH]1. The standard InChI is InChI=1S/C6H7NO3/c1-9-6(8)10-5-3-2-4-7-5/h2-4,7H,1H3. The fourth-order valence-corrected chi connectivity index (χ4v) is 0.509. The van der Waals surface area contributed by atoms with E-state index in [-0.39, 0.29) is 0 Å². The van der Waals surface area contributed by atoms with E-state index in [9.17, 15) is 4.79 Å². The van der Waals surface area contributed by atoms with Crippen LogP contribution in [0.5, 0.6) is 5.88 Å². The predicted molar refractivity (Wildman–Crippen MR) is 33.8 cm³/mol. The van der Waals surface area contributed by atoms with Crippen molar-refractivity contribution in [2.75, 3.05) is 7.11 Å². The van der Waals surface area contributed by atoms with E-state index in [1.807, 2.05) is 0 Å². The molecule has 1 N–H and O–H groups in total. The average molecular weight is 141 g/mol. The van der Waals surface area contributed by atoms with Crippen LogP contribution in [0.4, 0.5) is 4.79 Å². The first-order valence-corrected chi connectivity index (χ1v) is 2.72. The van der Waals surface area contributed by atoms with Gasteiger partial charge in [-0.15, -0.1) is 0 Å². The zero-order valence-corrected chi connectivity index (χ0v) is 5.46. The Morgan fingerprint density at radius 3 is 3.00 bits per heavy atom. The van der Waals surface area contributed by atoms with Gasteiger partial charge in [-0.05, 0) is 6.07 Å². The molecule has 0 aliphatic rings. The van der Waals surface area contributed by atoms with Gasteiger partial charge in [0.05, 0.1) is 7.11 Å². The summed E-state index contributed by atoms with van der Waals surface area (Å²) in [6, 6.07) is 3.34.